The smallest absolute Gasteiger partial charge is 0.413 e. The molecule has 0 saturated heterocycles. The third-order valence-electron chi connectivity index (χ3n) is 6.25. The number of hydrogen-bond donors (Lipinski definition) is 2. The Kier molecular flexibility index (Phi) is 9.80. The second-order valence-electron chi connectivity index (χ2n) is 9.11. The van der Waals surface area contributed by atoms with E-state index in [4.69, 9.17) is 18.9 Å². The zero-order valence-corrected chi connectivity index (χ0v) is 22.5. The van der Waals surface area contributed by atoms with Crippen molar-refractivity contribution in [3.05, 3.63) is 126 Å². The highest BCUT2D eigenvalue weighted by Crippen LogP contribution is 2.35. The van der Waals surface area contributed by atoms with Gasteiger partial charge >= 0.3 is 17.8 Å². The summed E-state index contributed by atoms with van der Waals surface area (Å²) in [5, 5.41) is 20.3. The lowest BCUT2D eigenvalue weighted by Crippen LogP contribution is -2.62. The largest absolute Gasteiger partial charge is 0.485 e. The first kappa shape index (κ1) is 29.0. The van der Waals surface area contributed by atoms with Crippen molar-refractivity contribution in [2.75, 3.05) is 13.7 Å². The number of benzene rings is 4. The van der Waals surface area contributed by atoms with Gasteiger partial charge in [0.1, 0.15) is 32.2 Å². The summed E-state index contributed by atoms with van der Waals surface area (Å²) in [6, 6.07) is 32.5. The van der Waals surface area contributed by atoms with Gasteiger partial charge < -0.3 is 29.2 Å². The summed E-state index contributed by atoms with van der Waals surface area (Å²) in [5.74, 6) is -0.874. The Morgan fingerprint density at radius 2 is 1.20 bits per heavy atom. The SMILES string of the molecule is CN(C(=O)OCc1ccccc1)[C@](CO)(Oc1ccc(OCc2ccccc2)c(OCc2ccccc2)c1)C(=O)O. The highest BCUT2D eigenvalue weighted by atomic mass is 16.6. The Morgan fingerprint density at radius 1 is 0.707 bits per heavy atom. The Bertz CT molecular complexity index is 1420. The standard InChI is InChI=1S/C32H31NO8/c1-33(31(37)40-22-26-15-9-4-10-16-26)32(23-34,30(35)36)41-27-17-18-28(38-20-24-11-5-2-6-12-24)29(19-27)39-21-25-13-7-3-8-14-25/h2-19,34H,20-23H2,1H3,(H,35,36)/t32-/m1/s1. The Hall–Kier alpha value is -5.02. The molecule has 41 heavy (non-hydrogen) atoms. The van der Waals surface area contributed by atoms with E-state index >= 15 is 0 Å². The van der Waals surface area contributed by atoms with Gasteiger partial charge in [0.15, 0.2) is 11.5 Å². The van der Waals surface area contributed by atoms with Crippen LogP contribution in [0.25, 0.3) is 0 Å². The minimum Gasteiger partial charge on any atom is -0.485 e. The lowest BCUT2D eigenvalue weighted by molar-refractivity contribution is -0.177. The average Bonchev–Trinajstić information content (AvgIpc) is 3.02. The molecule has 0 radical (unpaired) electrons. The van der Waals surface area contributed by atoms with Gasteiger partial charge in [0.25, 0.3) is 0 Å². The summed E-state index contributed by atoms with van der Waals surface area (Å²) in [4.78, 5) is 25.9. The molecule has 0 spiro atoms. The molecule has 4 rings (SSSR count). The maximum Gasteiger partial charge on any atom is 0.413 e. The molecule has 4 aromatic carbocycles. The zero-order chi connectivity index (χ0) is 29.1. The molecule has 9 nitrogen and oxygen atoms in total. The summed E-state index contributed by atoms with van der Waals surface area (Å²) >= 11 is 0. The van der Waals surface area contributed by atoms with Gasteiger partial charge in [-0.05, 0) is 28.8 Å². The fraction of sp³-hybridized carbons (Fsp3) is 0.188. The van der Waals surface area contributed by atoms with E-state index in [0.717, 1.165) is 11.1 Å². The van der Waals surface area contributed by atoms with E-state index < -0.39 is 24.4 Å². The molecule has 0 heterocycles. The van der Waals surface area contributed by atoms with Gasteiger partial charge in [0.2, 0.25) is 0 Å². The maximum atomic E-state index is 12.8. The minimum atomic E-state index is -2.48. The van der Waals surface area contributed by atoms with E-state index in [1.807, 2.05) is 66.7 Å². The molecule has 0 aliphatic rings. The number of carbonyl (C=O) groups is 2. The number of carboxylic acid groups (broad SMARTS) is 1. The number of likely N-dealkylation sites (N-methyl/N-ethyl adjacent to an activating group) is 1. The molecule has 0 aliphatic heterocycles. The van der Waals surface area contributed by atoms with Crippen molar-refractivity contribution in [3.8, 4) is 17.2 Å². The van der Waals surface area contributed by atoms with Crippen molar-refractivity contribution in [2.45, 2.75) is 25.5 Å². The molecule has 0 saturated carbocycles. The zero-order valence-electron chi connectivity index (χ0n) is 22.5. The number of carbonyl (C=O) groups excluding carboxylic acids is 1. The van der Waals surface area contributed by atoms with Crippen molar-refractivity contribution in [1.29, 1.82) is 0 Å². The third-order valence-corrected chi connectivity index (χ3v) is 6.25. The molecule has 1 atom stereocenters. The number of ether oxygens (including phenoxy) is 4. The van der Waals surface area contributed by atoms with Crippen LogP contribution >= 0.6 is 0 Å². The van der Waals surface area contributed by atoms with E-state index in [-0.39, 0.29) is 31.3 Å². The van der Waals surface area contributed by atoms with Crippen LogP contribution in [-0.2, 0) is 29.4 Å². The van der Waals surface area contributed by atoms with Crippen LogP contribution in [0.1, 0.15) is 16.7 Å². The van der Waals surface area contributed by atoms with E-state index in [9.17, 15) is 19.8 Å². The molecule has 0 aromatic heterocycles. The van der Waals surface area contributed by atoms with Crippen molar-refractivity contribution in [1.82, 2.24) is 4.90 Å². The molecule has 4 aromatic rings. The first-order valence-corrected chi connectivity index (χ1v) is 12.9. The highest BCUT2D eigenvalue weighted by molar-refractivity contribution is 5.83. The van der Waals surface area contributed by atoms with Crippen LogP contribution in [0, 0.1) is 0 Å². The monoisotopic (exact) mass is 557 g/mol. The number of nitrogens with zero attached hydrogens (tertiary/aromatic N) is 1. The van der Waals surface area contributed by atoms with Crippen LogP contribution in [0.5, 0.6) is 17.2 Å². The van der Waals surface area contributed by atoms with Gasteiger partial charge in [-0.1, -0.05) is 91.0 Å². The molecule has 9 heteroatoms. The van der Waals surface area contributed by atoms with E-state index in [2.05, 4.69) is 0 Å². The molecule has 0 bridgehead atoms. The summed E-state index contributed by atoms with van der Waals surface area (Å²) in [6.07, 6.45) is -0.992. The lowest BCUT2D eigenvalue weighted by atomic mass is 10.2. The van der Waals surface area contributed by atoms with Crippen LogP contribution in [0.4, 0.5) is 4.79 Å². The number of rotatable bonds is 13. The Morgan fingerprint density at radius 3 is 1.68 bits per heavy atom. The van der Waals surface area contributed by atoms with Crippen LogP contribution < -0.4 is 14.2 Å². The Balaban J connectivity index is 1.56. The molecule has 0 fully saturated rings. The van der Waals surface area contributed by atoms with Crippen molar-refractivity contribution in [3.63, 3.8) is 0 Å². The van der Waals surface area contributed by atoms with E-state index in [0.29, 0.717) is 16.2 Å². The molecule has 0 aliphatic carbocycles. The topological polar surface area (TPSA) is 115 Å². The highest BCUT2D eigenvalue weighted by Gasteiger charge is 2.48. The van der Waals surface area contributed by atoms with E-state index in [1.54, 1.807) is 30.3 Å². The normalized spacial score (nSPS) is 12.0. The van der Waals surface area contributed by atoms with Crippen LogP contribution in [0.2, 0.25) is 0 Å². The second-order valence-corrected chi connectivity index (χ2v) is 9.11. The van der Waals surface area contributed by atoms with Gasteiger partial charge in [0, 0.05) is 13.1 Å². The fourth-order valence-corrected chi connectivity index (χ4v) is 3.87. The predicted molar refractivity (Wildman–Crippen MR) is 150 cm³/mol. The molecule has 1 amide bonds. The molecule has 212 valence electrons. The number of hydrogen-bond acceptors (Lipinski definition) is 7. The number of aliphatic hydroxyl groups is 1. The minimum absolute atomic E-state index is 0.0271. The van der Waals surface area contributed by atoms with Crippen molar-refractivity contribution < 1.29 is 38.7 Å². The summed E-state index contributed by atoms with van der Waals surface area (Å²) in [5.41, 5.74) is 0.0923. The Labute approximate surface area is 238 Å². The molecular formula is C32H31NO8. The van der Waals surface area contributed by atoms with Gasteiger partial charge in [-0.15, -0.1) is 0 Å². The quantitative estimate of drug-likeness (QED) is 0.214. The number of aliphatic carboxylic acids is 1. The number of amides is 1. The van der Waals surface area contributed by atoms with Crippen molar-refractivity contribution in [2.24, 2.45) is 0 Å². The van der Waals surface area contributed by atoms with Gasteiger partial charge in [-0.3, -0.25) is 4.90 Å². The predicted octanol–water partition coefficient (Wildman–Crippen LogP) is 5.27. The van der Waals surface area contributed by atoms with Gasteiger partial charge in [0.05, 0.1) is 0 Å². The molecule has 0 unspecified atom stereocenters. The molecule has 2 N–H and O–H groups in total. The maximum absolute atomic E-state index is 12.8. The number of carboxylic acids is 1. The second kappa shape index (κ2) is 13.9. The summed E-state index contributed by atoms with van der Waals surface area (Å²) in [6.45, 7) is -0.655. The summed E-state index contributed by atoms with van der Waals surface area (Å²) < 4.78 is 23.1. The first-order chi connectivity index (χ1) is 19.9. The van der Waals surface area contributed by atoms with Crippen molar-refractivity contribution >= 4 is 12.1 Å². The fourth-order valence-electron chi connectivity index (χ4n) is 3.87. The van der Waals surface area contributed by atoms with E-state index in [1.165, 1.54) is 19.2 Å². The third kappa shape index (κ3) is 7.55. The average molecular weight is 558 g/mol. The van der Waals surface area contributed by atoms with Gasteiger partial charge in [-0.25, -0.2) is 9.59 Å². The summed E-state index contributed by atoms with van der Waals surface area (Å²) in [7, 11) is 1.18. The first-order valence-electron chi connectivity index (χ1n) is 12.9. The van der Waals surface area contributed by atoms with Crippen LogP contribution in [-0.4, -0.2) is 46.6 Å². The van der Waals surface area contributed by atoms with Crippen LogP contribution in [0.15, 0.2) is 109 Å². The number of aliphatic hydroxyl groups excluding tert-OH is 1. The van der Waals surface area contributed by atoms with Crippen LogP contribution in [0.3, 0.4) is 0 Å². The molecular weight excluding hydrogens is 526 g/mol. The lowest BCUT2D eigenvalue weighted by Gasteiger charge is -2.35. The van der Waals surface area contributed by atoms with Gasteiger partial charge in [-0.2, -0.15) is 0 Å².